The van der Waals surface area contributed by atoms with Crippen molar-refractivity contribution < 1.29 is 14.4 Å². The predicted octanol–water partition coefficient (Wildman–Crippen LogP) is 1.30. The van der Waals surface area contributed by atoms with E-state index in [1.54, 1.807) is 4.90 Å². The van der Waals surface area contributed by atoms with Crippen molar-refractivity contribution in [3.05, 3.63) is 0 Å². The van der Waals surface area contributed by atoms with Gasteiger partial charge in [0, 0.05) is 39.0 Å². The molecule has 23 heavy (non-hydrogen) atoms. The third kappa shape index (κ3) is 6.20. The van der Waals surface area contributed by atoms with Crippen molar-refractivity contribution in [2.75, 3.05) is 32.7 Å². The highest BCUT2D eigenvalue weighted by molar-refractivity contribution is 5.84. The molecule has 3 amide bonds. The summed E-state index contributed by atoms with van der Waals surface area (Å²) in [4.78, 5) is 39.3. The van der Waals surface area contributed by atoms with E-state index >= 15 is 0 Å². The molecule has 2 fully saturated rings. The maximum Gasteiger partial charge on any atom is 0.239 e. The topological polar surface area (TPSA) is 69.7 Å². The molecule has 2 aliphatic rings. The maximum atomic E-state index is 12.0. The molecule has 0 bridgehead atoms. The van der Waals surface area contributed by atoms with E-state index in [9.17, 15) is 14.4 Å². The highest BCUT2D eigenvalue weighted by Crippen LogP contribution is 2.12. The summed E-state index contributed by atoms with van der Waals surface area (Å²) in [6.45, 7) is 2.97. The molecule has 0 aliphatic carbocycles. The Morgan fingerprint density at radius 3 is 2.17 bits per heavy atom. The lowest BCUT2D eigenvalue weighted by atomic mass is 10.2. The fraction of sp³-hybridized carbons (Fsp3) is 0.824. The summed E-state index contributed by atoms with van der Waals surface area (Å²) in [6.07, 6.45) is 8.16. The molecule has 0 atom stereocenters. The van der Waals surface area contributed by atoms with Crippen LogP contribution in [0.3, 0.4) is 0 Å². The highest BCUT2D eigenvalue weighted by atomic mass is 16.2. The van der Waals surface area contributed by atoms with Gasteiger partial charge in [0.25, 0.3) is 0 Å². The van der Waals surface area contributed by atoms with Gasteiger partial charge in [-0.2, -0.15) is 0 Å². The molecule has 2 heterocycles. The summed E-state index contributed by atoms with van der Waals surface area (Å²) >= 11 is 0. The van der Waals surface area contributed by atoms with Crippen molar-refractivity contribution in [1.29, 1.82) is 0 Å². The number of carbonyl (C=O) groups excluding carboxylic acids is 3. The average Bonchev–Trinajstić information content (AvgIpc) is 2.85. The molecule has 2 rings (SSSR count). The molecule has 0 radical (unpaired) electrons. The van der Waals surface area contributed by atoms with Gasteiger partial charge in [-0.3, -0.25) is 14.4 Å². The zero-order valence-electron chi connectivity index (χ0n) is 14.0. The minimum Gasteiger partial charge on any atom is -0.354 e. The van der Waals surface area contributed by atoms with E-state index in [0.29, 0.717) is 32.5 Å². The molecule has 0 aromatic rings. The van der Waals surface area contributed by atoms with Crippen LogP contribution >= 0.6 is 0 Å². The van der Waals surface area contributed by atoms with Gasteiger partial charge in [0.15, 0.2) is 0 Å². The molecule has 0 aromatic heterocycles. The molecular formula is C17H29N3O3. The normalized spacial score (nSPS) is 20.2. The summed E-state index contributed by atoms with van der Waals surface area (Å²) in [5.41, 5.74) is 0. The van der Waals surface area contributed by atoms with Gasteiger partial charge in [-0.05, 0) is 32.1 Å². The van der Waals surface area contributed by atoms with Crippen LogP contribution in [0.1, 0.15) is 57.8 Å². The second-order valence-corrected chi connectivity index (χ2v) is 6.52. The zero-order chi connectivity index (χ0) is 16.5. The first-order valence-electron chi connectivity index (χ1n) is 8.99. The molecule has 2 aliphatic heterocycles. The van der Waals surface area contributed by atoms with Crippen LogP contribution < -0.4 is 5.32 Å². The van der Waals surface area contributed by atoms with Crippen molar-refractivity contribution >= 4 is 17.7 Å². The van der Waals surface area contributed by atoms with Crippen molar-refractivity contribution in [3.8, 4) is 0 Å². The van der Waals surface area contributed by atoms with Crippen LogP contribution in [-0.2, 0) is 14.4 Å². The Kier molecular flexibility index (Phi) is 7.36. The van der Waals surface area contributed by atoms with Crippen LogP contribution in [-0.4, -0.2) is 60.2 Å². The first-order valence-corrected chi connectivity index (χ1v) is 8.99. The van der Waals surface area contributed by atoms with Gasteiger partial charge in [0.2, 0.25) is 17.7 Å². The zero-order valence-corrected chi connectivity index (χ0v) is 14.0. The van der Waals surface area contributed by atoms with Crippen molar-refractivity contribution in [3.63, 3.8) is 0 Å². The molecule has 0 unspecified atom stereocenters. The fourth-order valence-electron chi connectivity index (χ4n) is 3.21. The Labute approximate surface area is 138 Å². The quantitative estimate of drug-likeness (QED) is 0.749. The predicted molar refractivity (Wildman–Crippen MR) is 87.7 cm³/mol. The molecule has 2 saturated heterocycles. The van der Waals surface area contributed by atoms with Crippen molar-refractivity contribution in [2.45, 2.75) is 57.8 Å². The molecule has 0 saturated carbocycles. The summed E-state index contributed by atoms with van der Waals surface area (Å²) < 4.78 is 0. The monoisotopic (exact) mass is 323 g/mol. The van der Waals surface area contributed by atoms with Crippen LogP contribution in [0.15, 0.2) is 0 Å². The van der Waals surface area contributed by atoms with Gasteiger partial charge >= 0.3 is 0 Å². The lowest BCUT2D eigenvalue weighted by Crippen LogP contribution is -2.41. The molecule has 1 N–H and O–H groups in total. The molecule has 0 spiro atoms. The van der Waals surface area contributed by atoms with E-state index in [-0.39, 0.29) is 24.3 Å². The number of rotatable bonds is 6. The van der Waals surface area contributed by atoms with Gasteiger partial charge in [0.1, 0.15) is 0 Å². The lowest BCUT2D eigenvalue weighted by molar-refractivity contribution is -0.135. The maximum absolute atomic E-state index is 12.0. The van der Waals surface area contributed by atoms with Gasteiger partial charge in [-0.25, -0.2) is 0 Å². The Hall–Kier alpha value is -1.59. The van der Waals surface area contributed by atoms with Crippen LogP contribution in [0.5, 0.6) is 0 Å². The molecular weight excluding hydrogens is 294 g/mol. The van der Waals surface area contributed by atoms with Crippen molar-refractivity contribution in [2.24, 2.45) is 0 Å². The summed E-state index contributed by atoms with van der Waals surface area (Å²) in [5.74, 6) is 0.235. The first kappa shape index (κ1) is 17.8. The number of hydrogen-bond donors (Lipinski definition) is 1. The number of nitrogens with one attached hydrogen (secondary N) is 1. The first-order chi connectivity index (χ1) is 11.2. The second-order valence-electron chi connectivity index (χ2n) is 6.52. The third-order valence-corrected chi connectivity index (χ3v) is 4.60. The summed E-state index contributed by atoms with van der Waals surface area (Å²) in [7, 11) is 0. The standard InChI is InChI=1S/C17H29N3O3/c21-15(14-20-12-6-2-4-9-17(20)23)18-10-7-13-19-11-5-1-3-8-16(19)22/h1-14H2,(H,18,21). The van der Waals surface area contributed by atoms with Gasteiger partial charge in [-0.1, -0.05) is 12.8 Å². The average molecular weight is 323 g/mol. The minimum atomic E-state index is -0.0950. The molecule has 6 nitrogen and oxygen atoms in total. The van der Waals surface area contributed by atoms with Crippen LogP contribution in [0.4, 0.5) is 0 Å². The Morgan fingerprint density at radius 1 is 0.870 bits per heavy atom. The summed E-state index contributed by atoms with van der Waals surface area (Å²) in [6, 6.07) is 0. The van der Waals surface area contributed by atoms with Gasteiger partial charge < -0.3 is 15.1 Å². The van der Waals surface area contributed by atoms with Gasteiger partial charge in [0.05, 0.1) is 6.54 Å². The van der Waals surface area contributed by atoms with E-state index < -0.39 is 0 Å². The van der Waals surface area contributed by atoms with Crippen LogP contribution in [0.25, 0.3) is 0 Å². The number of amides is 3. The van der Waals surface area contributed by atoms with Crippen molar-refractivity contribution in [1.82, 2.24) is 15.1 Å². The second kappa shape index (κ2) is 9.53. The number of nitrogens with zero attached hydrogens (tertiary/aromatic N) is 2. The van der Waals surface area contributed by atoms with E-state index in [1.165, 1.54) is 0 Å². The smallest absolute Gasteiger partial charge is 0.239 e. The van der Waals surface area contributed by atoms with Gasteiger partial charge in [-0.15, -0.1) is 0 Å². The Bertz CT molecular complexity index is 425. The molecule has 130 valence electrons. The Morgan fingerprint density at radius 2 is 1.48 bits per heavy atom. The van der Waals surface area contributed by atoms with E-state index in [4.69, 9.17) is 0 Å². The molecule has 0 aromatic carbocycles. The lowest BCUT2D eigenvalue weighted by Gasteiger charge is -2.21. The van der Waals surface area contributed by atoms with E-state index in [2.05, 4.69) is 5.32 Å². The summed E-state index contributed by atoms with van der Waals surface area (Å²) in [5, 5.41) is 2.87. The van der Waals surface area contributed by atoms with E-state index in [1.807, 2.05) is 4.90 Å². The van der Waals surface area contributed by atoms with E-state index in [0.717, 1.165) is 51.5 Å². The number of hydrogen-bond acceptors (Lipinski definition) is 3. The van der Waals surface area contributed by atoms with Crippen LogP contribution in [0.2, 0.25) is 0 Å². The SMILES string of the molecule is O=C(CN1CCCCCC1=O)NCCCN1CCCCCC1=O. The van der Waals surface area contributed by atoms with Crippen LogP contribution in [0, 0.1) is 0 Å². The highest BCUT2D eigenvalue weighted by Gasteiger charge is 2.19. The largest absolute Gasteiger partial charge is 0.354 e. The molecule has 6 heteroatoms. The Balaban J connectivity index is 1.62. The number of carbonyl (C=O) groups is 3. The number of likely N-dealkylation sites (tertiary alicyclic amines) is 2. The third-order valence-electron chi connectivity index (χ3n) is 4.60. The minimum absolute atomic E-state index is 0.0906. The fourth-order valence-corrected chi connectivity index (χ4v) is 3.21.